The van der Waals surface area contributed by atoms with Crippen LogP contribution < -0.4 is 5.32 Å². The Balaban J connectivity index is 1.90. The van der Waals surface area contributed by atoms with Gasteiger partial charge in [-0.15, -0.1) is 0 Å². The van der Waals surface area contributed by atoms with Crippen molar-refractivity contribution < 1.29 is 5.11 Å². The first-order valence-corrected chi connectivity index (χ1v) is 5.24. The molecule has 3 atom stereocenters. The Morgan fingerprint density at radius 2 is 1.92 bits per heavy atom. The zero-order valence-electron chi connectivity index (χ0n) is 7.63. The van der Waals surface area contributed by atoms with E-state index in [-0.39, 0.29) is 0 Å². The molecule has 0 bridgehead atoms. The lowest BCUT2D eigenvalue weighted by Gasteiger charge is -2.39. The smallest absolute Gasteiger partial charge is 0.0584 e. The summed E-state index contributed by atoms with van der Waals surface area (Å²) in [5.74, 6) is 1.83. The third kappa shape index (κ3) is 1.64. The normalized spacial score (nSPS) is 42.2. The maximum atomic E-state index is 9.02. The highest BCUT2D eigenvalue weighted by molar-refractivity contribution is 4.86. The van der Waals surface area contributed by atoms with Crippen molar-refractivity contribution in [2.24, 2.45) is 11.8 Å². The standard InChI is InChI=1S/C10H19NO/c12-7-10-5-8-3-1-2-4-9(8)6-11-10/h8-12H,1-7H2. The Hall–Kier alpha value is -0.0800. The predicted molar refractivity (Wildman–Crippen MR) is 48.9 cm³/mol. The minimum absolute atomic E-state index is 0.323. The quantitative estimate of drug-likeness (QED) is 0.617. The number of hydrogen-bond donors (Lipinski definition) is 2. The molecule has 1 aliphatic heterocycles. The van der Waals surface area contributed by atoms with Crippen LogP contribution in [0, 0.1) is 11.8 Å². The van der Waals surface area contributed by atoms with Crippen LogP contribution in [-0.2, 0) is 0 Å². The second-order valence-corrected chi connectivity index (χ2v) is 4.33. The molecule has 70 valence electrons. The van der Waals surface area contributed by atoms with Gasteiger partial charge in [-0.25, -0.2) is 0 Å². The fraction of sp³-hybridized carbons (Fsp3) is 1.00. The Morgan fingerprint density at radius 3 is 2.67 bits per heavy atom. The van der Waals surface area contributed by atoms with Gasteiger partial charge in [-0.1, -0.05) is 19.3 Å². The number of aliphatic hydroxyl groups is 1. The Bertz CT molecular complexity index is 149. The summed E-state index contributed by atoms with van der Waals surface area (Å²) in [7, 11) is 0. The van der Waals surface area contributed by atoms with Crippen molar-refractivity contribution in [3.8, 4) is 0 Å². The van der Waals surface area contributed by atoms with Gasteiger partial charge >= 0.3 is 0 Å². The van der Waals surface area contributed by atoms with Crippen LogP contribution in [-0.4, -0.2) is 24.3 Å². The predicted octanol–water partition coefficient (Wildman–Crippen LogP) is 1.15. The minimum atomic E-state index is 0.323. The highest BCUT2D eigenvalue weighted by atomic mass is 16.3. The molecule has 3 unspecified atom stereocenters. The first kappa shape index (κ1) is 8.52. The van der Waals surface area contributed by atoms with Gasteiger partial charge in [0.25, 0.3) is 0 Å². The van der Waals surface area contributed by atoms with Crippen molar-refractivity contribution in [2.45, 2.75) is 38.1 Å². The van der Waals surface area contributed by atoms with Gasteiger partial charge in [-0.05, 0) is 31.2 Å². The summed E-state index contributed by atoms with van der Waals surface area (Å²) in [4.78, 5) is 0. The Kier molecular flexibility index (Phi) is 2.66. The summed E-state index contributed by atoms with van der Waals surface area (Å²) < 4.78 is 0. The summed E-state index contributed by atoms with van der Waals surface area (Å²) in [6.07, 6.45) is 6.87. The van der Waals surface area contributed by atoms with E-state index in [0.29, 0.717) is 12.6 Å². The highest BCUT2D eigenvalue weighted by Crippen LogP contribution is 2.35. The number of hydrogen-bond acceptors (Lipinski definition) is 2. The fourth-order valence-electron chi connectivity index (χ4n) is 2.77. The molecule has 0 amide bonds. The Labute approximate surface area is 74.4 Å². The van der Waals surface area contributed by atoms with Gasteiger partial charge in [0, 0.05) is 6.04 Å². The van der Waals surface area contributed by atoms with Crippen molar-refractivity contribution in [1.82, 2.24) is 5.32 Å². The van der Waals surface area contributed by atoms with Gasteiger partial charge in [-0.2, -0.15) is 0 Å². The van der Waals surface area contributed by atoms with Crippen LogP contribution in [0.15, 0.2) is 0 Å². The zero-order valence-corrected chi connectivity index (χ0v) is 7.63. The maximum Gasteiger partial charge on any atom is 0.0584 e. The van der Waals surface area contributed by atoms with Crippen LogP contribution in [0.2, 0.25) is 0 Å². The molecule has 2 N–H and O–H groups in total. The van der Waals surface area contributed by atoms with Crippen LogP contribution in [0.4, 0.5) is 0 Å². The first-order chi connectivity index (χ1) is 5.90. The molecule has 0 aromatic carbocycles. The van der Waals surface area contributed by atoms with Crippen molar-refractivity contribution in [1.29, 1.82) is 0 Å². The zero-order chi connectivity index (χ0) is 8.39. The summed E-state index contributed by atoms with van der Waals surface area (Å²) in [6, 6.07) is 0.393. The number of piperidine rings is 1. The third-order valence-corrected chi connectivity index (χ3v) is 3.54. The Morgan fingerprint density at radius 1 is 1.17 bits per heavy atom. The van der Waals surface area contributed by atoms with Crippen LogP contribution in [0.1, 0.15) is 32.1 Å². The number of nitrogens with one attached hydrogen (secondary N) is 1. The molecule has 0 radical (unpaired) electrons. The lowest BCUT2D eigenvalue weighted by Crippen LogP contribution is -2.46. The first-order valence-electron chi connectivity index (χ1n) is 5.24. The largest absolute Gasteiger partial charge is 0.395 e. The van der Waals surface area contributed by atoms with Crippen molar-refractivity contribution in [2.75, 3.05) is 13.2 Å². The van der Waals surface area contributed by atoms with E-state index in [2.05, 4.69) is 5.32 Å². The molecular formula is C10H19NO. The average molecular weight is 169 g/mol. The van der Waals surface area contributed by atoms with E-state index in [0.717, 1.165) is 18.4 Å². The van der Waals surface area contributed by atoms with Crippen LogP contribution in [0.25, 0.3) is 0 Å². The maximum absolute atomic E-state index is 9.02. The second kappa shape index (κ2) is 3.75. The molecule has 0 aromatic heterocycles. The molecule has 2 aliphatic rings. The summed E-state index contributed by atoms with van der Waals surface area (Å²) in [5.41, 5.74) is 0. The van der Waals surface area contributed by atoms with Gasteiger partial charge in [0.1, 0.15) is 0 Å². The highest BCUT2D eigenvalue weighted by Gasteiger charge is 2.31. The molecule has 1 saturated heterocycles. The molecule has 1 aliphatic carbocycles. The van der Waals surface area contributed by atoms with E-state index in [4.69, 9.17) is 5.11 Å². The SMILES string of the molecule is OCC1CC2CCCCC2CN1. The van der Waals surface area contributed by atoms with E-state index in [1.165, 1.54) is 32.1 Å². The van der Waals surface area contributed by atoms with Crippen molar-refractivity contribution in [3.05, 3.63) is 0 Å². The van der Waals surface area contributed by atoms with Crippen LogP contribution in [0.5, 0.6) is 0 Å². The fourth-order valence-corrected chi connectivity index (χ4v) is 2.77. The monoisotopic (exact) mass is 169 g/mol. The average Bonchev–Trinajstić information content (AvgIpc) is 2.17. The number of rotatable bonds is 1. The lowest BCUT2D eigenvalue weighted by molar-refractivity contribution is 0.120. The molecule has 0 spiro atoms. The van der Waals surface area contributed by atoms with E-state index >= 15 is 0 Å². The van der Waals surface area contributed by atoms with Gasteiger partial charge in [0.15, 0.2) is 0 Å². The van der Waals surface area contributed by atoms with E-state index in [9.17, 15) is 0 Å². The molecule has 1 heterocycles. The third-order valence-electron chi connectivity index (χ3n) is 3.54. The summed E-state index contributed by atoms with van der Waals surface area (Å²) in [5, 5.41) is 12.4. The molecule has 12 heavy (non-hydrogen) atoms. The summed E-state index contributed by atoms with van der Waals surface area (Å²) >= 11 is 0. The minimum Gasteiger partial charge on any atom is -0.395 e. The van der Waals surface area contributed by atoms with Gasteiger partial charge < -0.3 is 10.4 Å². The van der Waals surface area contributed by atoms with E-state index in [1.807, 2.05) is 0 Å². The molecule has 0 aromatic rings. The topological polar surface area (TPSA) is 32.3 Å². The molecule has 2 nitrogen and oxygen atoms in total. The van der Waals surface area contributed by atoms with Crippen LogP contribution >= 0.6 is 0 Å². The number of aliphatic hydroxyl groups excluding tert-OH is 1. The number of fused-ring (bicyclic) bond motifs is 1. The van der Waals surface area contributed by atoms with Gasteiger partial charge in [0.2, 0.25) is 0 Å². The molecule has 2 heteroatoms. The van der Waals surface area contributed by atoms with E-state index in [1.54, 1.807) is 0 Å². The summed E-state index contributed by atoms with van der Waals surface area (Å²) in [6.45, 7) is 1.47. The second-order valence-electron chi connectivity index (χ2n) is 4.33. The molecule has 2 fully saturated rings. The van der Waals surface area contributed by atoms with Crippen LogP contribution in [0.3, 0.4) is 0 Å². The molecule has 2 rings (SSSR count). The van der Waals surface area contributed by atoms with Crippen molar-refractivity contribution >= 4 is 0 Å². The van der Waals surface area contributed by atoms with E-state index < -0.39 is 0 Å². The molecule has 1 saturated carbocycles. The van der Waals surface area contributed by atoms with Gasteiger partial charge in [0.05, 0.1) is 6.61 Å². The van der Waals surface area contributed by atoms with Gasteiger partial charge in [-0.3, -0.25) is 0 Å². The van der Waals surface area contributed by atoms with Crippen molar-refractivity contribution in [3.63, 3.8) is 0 Å². The molecular weight excluding hydrogens is 150 g/mol. The lowest BCUT2D eigenvalue weighted by atomic mass is 9.74.